The Morgan fingerprint density at radius 3 is 2.76 bits per heavy atom. The number of aryl methyl sites for hydroxylation is 1. The molecule has 3 rings (SSSR count). The summed E-state index contributed by atoms with van der Waals surface area (Å²) < 4.78 is 0. The Hall–Kier alpha value is -1.33. The monoisotopic (exact) mass is 309 g/mol. The third kappa shape index (κ3) is 3.14. The van der Waals surface area contributed by atoms with E-state index < -0.39 is 4.92 Å². The molecule has 5 nitrogen and oxygen atoms in total. The molecular formula is C15H20ClN3O2. The van der Waals surface area contributed by atoms with Crippen molar-refractivity contribution in [1.82, 2.24) is 5.32 Å². The summed E-state index contributed by atoms with van der Waals surface area (Å²) in [4.78, 5) is 12.9. The van der Waals surface area contributed by atoms with E-state index in [2.05, 4.69) is 10.2 Å². The Morgan fingerprint density at radius 1 is 1.43 bits per heavy atom. The summed E-state index contributed by atoms with van der Waals surface area (Å²) >= 11 is 6.10. The van der Waals surface area contributed by atoms with Crippen molar-refractivity contribution in [3.05, 3.63) is 32.8 Å². The highest BCUT2D eigenvalue weighted by Gasteiger charge is 2.33. The molecule has 1 saturated carbocycles. The van der Waals surface area contributed by atoms with E-state index in [0.29, 0.717) is 12.1 Å². The van der Waals surface area contributed by atoms with Crippen LogP contribution in [0, 0.1) is 17.0 Å². The van der Waals surface area contributed by atoms with E-state index in [-0.39, 0.29) is 10.7 Å². The van der Waals surface area contributed by atoms with Gasteiger partial charge in [0.2, 0.25) is 0 Å². The molecule has 1 saturated heterocycles. The van der Waals surface area contributed by atoms with Crippen molar-refractivity contribution >= 4 is 23.0 Å². The van der Waals surface area contributed by atoms with Gasteiger partial charge < -0.3 is 10.2 Å². The van der Waals surface area contributed by atoms with Gasteiger partial charge in [0.1, 0.15) is 5.02 Å². The lowest BCUT2D eigenvalue weighted by atomic mass is 10.1. The Balaban J connectivity index is 1.88. The Kier molecular flexibility index (Phi) is 4.04. The summed E-state index contributed by atoms with van der Waals surface area (Å²) in [5.41, 5.74) is 1.96. The van der Waals surface area contributed by atoms with Gasteiger partial charge in [0.15, 0.2) is 0 Å². The van der Waals surface area contributed by atoms with Gasteiger partial charge in [-0.05, 0) is 50.8 Å². The summed E-state index contributed by atoms with van der Waals surface area (Å²) in [6.45, 7) is 3.97. The molecule has 21 heavy (non-hydrogen) atoms. The third-order valence-corrected chi connectivity index (χ3v) is 4.64. The largest absolute Gasteiger partial charge is 0.367 e. The molecule has 0 aromatic heterocycles. The Labute approximate surface area is 129 Å². The molecule has 0 spiro atoms. The first-order valence-electron chi connectivity index (χ1n) is 7.51. The molecule has 1 unspecified atom stereocenters. The highest BCUT2D eigenvalue weighted by Crippen LogP contribution is 2.38. The second kappa shape index (κ2) is 5.81. The van der Waals surface area contributed by atoms with Gasteiger partial charge in [0.05, 0.1) is 4.92 Å². The van der Waals surface area contributed by atoms with Gasteiger partial charge in [0, 0.05) is 30.4 Å². The van der Waals surface area contributed by atoms with Crippen LogP contribution in [0.1, 0.15) is 31.2 Å². The lowest BCUT2D eigenvalue weighted by Gasteiger charge is -2.29. The van der Waals surface area contributed by atoms with Crippen LogP contribution < -0.4 is 10.2 Å². The zero-order valence-electron chi connectivity index (χ0n) is 12.1. The fraction of sp³-hybridized carbons (Fsp3) is 0.600. The number of nitrogens with one attached hydrogen (secondary N) is 1. The lowest BCUT2D eigenvalue weighted by Crippen LogP contribution is -2.39. The molecule has 114 valence electrons. The minimum Gasteiger partial charge on any atom is -0.367 e. The highest BCUT2D eigenvalue weighted by atomic mass is 35.5. The van der Waals surface area contributed by atoms with Crippen LogP contribution in [0.4, 0.5) is 11.4 Å². The number of nitro groups is 1. The third-order valence-electron chi connectivity index (χ3n) is 4.34. The second-order valence-electron chi connectivity index (χ2n) is 6.02. The van der Waals surface area contributed by atoms with Crippen molar-refractivity contribution < 1.29 is 4.92 Å². The average Bonchev–Trinajstić information content (AvgIpc) is 3.15. The smallest absolute Gasteiger partial charge is 0.288 e. The SMILES string of the molecule is Cc1cc([N+](=O)[O-])c(Cl)cc1N(CC1CCCN1)C1CC1. The first kappa shape index (κ1) is 14.6. The van der Waals surface area contributed by atoms with Crippen LogP contribution in [0.15, 0.2) is 12.1 Å². The molecule has 0 amide bonds. The van der Waals surface area contributed by atoms with E-state index in [4.69, 9.17) is 11.6 Å². The maximum Gasteiger partial charge on any atom is 0.288 e. The second-order valence-corrected chi connectivity index (χ2v) is 6.43. The van der Waals surface area contributed by atoms with Crippen LogP contribution in [0.25, 0.3) is 0 Å². The van der Waals surface area contributed by atoms with Crippen molar-refractivity contribution in [3.63, 3.8) is 0 Å². The molecule has 2 fully saturated rings. The predicted octanol–water partition coefficient (Wildman–Crippen LogP) is 3.28. The molecule has 1 aliphatic heterocycles. The lowest BCUT2D eigenvalue weighted by molar-refractivity contribution is -0.384. The van der Waals surface area contributed by atoms with Crippen molar-refractivity contribution in [2.45, 2.75) is 44.7 Å². The molecule has 1 N–H and O–H groups in total. The number of anilines is 1. The number of rotatable bonds is 5. The number of hydrogen-bond acceptors (Lipinski definition) is 4. The Morgan fingerprint density at radius 2 is 2.19 bits per heavy atom. The molecule has 1 aliphatic carbocycles. The summed E-state index contributed by atoms with van der Waals surface area (Å²) in [6, 6.07) is 4.43. The molecule has 2 aliphatic rings. The number of benzene rings is 1. The molecule has 1 atom stereocenters. The van der Waals surface area contributed by atoms with Crippen LogP contribution >= 0.6 is 11.6 Å². The van der Waals surface area contributed by atoms with E-state index in [0.717, 1.165) is 24.3 Å². The van der Waals surface area contributed by atoms with Gasteiger partial charge in [0.25, 0.3) is 5.69 Å². The zero-order chi connectivity index (χ0) is 15.0. The first-order valence-corrected chi connectivity index (χ1v) is 7.88. The Bertz CT molecular complexity index is 554. The quantitative estimate of drug-likeness (QED) is 0.670. The standard InChI is InChI=1S/C15H20ClN3O2/c1-10-7-15(19(20)21)13(16)8-14(10)18(12-4-5-12)9-11-3-2-6-17-11/h7-8,11-12,17H,2-6,9H2,1H3. The number of hydrogen-bond donors (Lipinski definition) is 1. The maximum absolute atomic E-state index is 11.0. The van der Waals surface area contributed by atoms with Gasteiger partial charge in [-0.25, -0.2) is 0 Å². The average molecular weight is 310 g/mol. The summed E-state index contributed by atoms with van der Waals surface area (Å²) in [7, 11) is 0. The van der Waals surface area contributed by atoms with E-state index in [1.807, 2.05) is 6.92 Å². The highest BCUT2D eigenvalue weighted by molar-refractivity contribution is 6.33. The number of halogens is 1. The molecular weight excluding hydrogens is 290 g/mol. The van der Waals surface area contributed by atoms with Crippen molar-refractivity contribution in [3.8, 4) is 0 Å². The molecule has 6 heteroatoms. The predicted molar refractivity (Wildman–Crippen MR) is 84.2 cm³/mol. The van der Waals surface area contributed by atoms with E-state index >= 15 is 0 Å². The minimum absolute atomic E-state index is 0.00680. The molecule has 1 aromatic rings. The minimum atomic E-state index is -0.418. The fourth-order valence-corrected chi connectivity index (χ4v) is 3.31. The van der Waals surface area contributed by atoms with Crippen LogP contribution in [-0.4, -0.2) is 30.1 Å². The van der Waals surface area contributed by atoms with E-state index in [1.165, 1.54) is 25.7 Å². The van der Waals surface area contributed by atoms with Gasteiger partial charge in [-0.15, -0.1) is 0 Å². The number of nitro benzene ring substituents is 1. The van der Waals surface area contributed by atoms with Gasteiger partial charge in [-0.1, -0.05) is 11.6 Å². The normalized spacial score (nSPS) is 21.5. The fourth-order valence-electron chi connectivity index (χ4n) is 3.09. The van der Waals surface area contributed by atoms with Crippen molar-refractivity contribution in [2.24, 2.45) is 0 Å². The van der Waals surface area contributed by atoms with Gasteiger partial charge >= 0.3 is 0 Å². The van der Waals surface area contributed by atoms with Crippen LogP contribution in [-0.2, 0) is 0 Å². The van der Waals surface area contributed by atoms with E-state index in [9.17, 15) is 10.1 Å². The zero-order valence-corrected chi connectivity index (χ0v) is 12.9. The van der Waals surface area contributed by atoms with Crippen LogP contribution in [0.3, 0.4) is 0 Å². The summed E-state index contributed by atoms with van der Waals surface area (Å²) in [5, 5.41) is 14.7. The van der Waals surface area contributed by atoms with Crippen LogP contribution in [0.2, 0.25) is 5.02 Å². The van der Waals surface area contributed by atoms with E-state index in [1.54, 1.807) is 12.1 Å². The molecule has 0 radical (unpaired) electrons. The molecule has 1 aromatic carbocycles. The summed E-state index contributed by atoms with van der Waals surface area (Å²) in [6.07, 6.45) is 4.81. The first-order chi connectivity index (χ1) is 10.1. The maximum atomic E-state index is 11.0. The van der Waals surface area contributed by atoms with Crippen molar-refractivity contribution in [2.75, 3.05) is 18.0 Å². The van der Waals surface area contributed by atoms with Crippen LogP contribution in [0.5, 0.6) is 0 Å². The molecule has 1 heterocycles. The van der Waals surface area contributed by atoms with Gasteiger partial charge in [-0.3, -0.25) is 10.1 Å². The van der Waals surface area contributed by atoms with Crippen molar-refractivity contribution in [1.29, 1.82) is 0 Å². The topological polar surface area (TPSA) is 58.4 Å². The molecule has 0 bridgehead atoms. The summed E-state index contributed by atoms with van der Waals surface area (Å²) in [5.74, 6) is 0. The number of nitrogens with zero attached hydrogens (tertiary/aromatic N) is 2. The van der Waals surface area contributed by atoms with Gasteiger partial charge in [-0.2, -0.15) is 0 Å².